The summed E-state index contributed by atoms with van der Waals surface area (Å²) in [4.78, 5) is 41.4. The number of anilines is 1. The van der Waals surface area contributed by atoms with E-state index >= 15 is 0 Å². The molecule has 228 valence electrons. The summed E-state index contributed by atoms with van der Waals surface area (Å²) in [6.07, 6.45) is -3.28. The lowest BCUT2D eigenvalue weighted by Gasteiger charge is -2.51. The summed E-state index contributed by atoms with van der Waals surface area (Å²) in [5.41, 5.74) is 0.361. The van der Waals surface area contributed by atoms with Gasteiger partial charge in [0.25, 0.3) is 0 Å². The SMILES string of the molecule is CC[C@H]1CN(C(C(=O)N2CC(CO)C2)c2ccc(C(F)(F)F)cc2)[C@H](CC)CN1c1nc(=O)n(C)c2ccc(C#N)nc12. The molecular formula is C30H34F3N7O3. The van der Waals surface area contributed by atoms with Crippen molar-refractivity contribution >= 4 is 22.8 Å². The monoisotopic (exact) mass is 597 g/mol. The standard InChI is InChI=1S/C30H34F3N7O3/c1-4-22-16-40(27-25-24(37(3)29(43)36-27)11-10-21(12-34)35-25)23(5-2)15-39(22)26(28(42)38-13-18(14-38)17-41)19-6-8-20(9-7-19)30(31,32)33/h6-11,18,22-23,26,41H,4-5,13-17H2,1-3H3/t22-,23+,26?/m1/s1. The van der Waals surface area contributed by atoms with Gasteiger partial charge < -0.3 is 14.9 Å². The van der Waals surface area contributed by atoms with E-state index in [-0.39, 0.29) is 36.2 Å². The number of amides is 1. The maximum Gasteiger partial charge on any atom is 0.416 e. The zero-order chi connectivity index (χ0) is 31.1. The van der Waals surface area contributed by atoms with Crippen molar-refractivity contribution in [3.05, 3.63) is 63.7 Å². The first-order valence-corrected chi connectivity index (χ1v) is 14.4. The third kappa shape index (κ3) is 5.69. The molecular weight excluding hydrogens is 563 g/mol. The summed E-state index contributed by atoms with van der Waals surface area (Å²) in [5.74, 6) is 0.125. The Bertz CT molecular complexity index is 1600. The van der Waals surface area contributed by atoms with Crippen LogP contribution in [0, 0.1) is 17.2 Å². The molecule has 3 atom stereocenters. The Balaban J connectivity index is 1.55. The number of piperazine rings is 1. The second-order valence-corrected chi connectivity index (χ2v) is 11.2. The molecule has 3 aromatic rings. The molecule has 1 N–H and O–H groups in total. The number of pyridine rings is 1. The lowest BCUT2D eigenvalue weighted by Crippen LogP contribution is -2.62. The molecule has 0 aliphatic carbocycles. The number of halogens is 3. The normalized spacial score (nSPS) is 20.6. The highest BCUT2D eigenvalue weighted by atomic mass is 19.4. The Morgan fingerprint density at radius 1 is 1.05 bits per heavy atom. The predicted molar refractivity (Wildman–Crippen MR) is 153 cm³/mol. The van der Waals surface area contributed by atoms with Crippen molar-refractivity contribution in [1.82, 2.24) is 24.3 Å². The maximum absolute atomic E-state index is 14.0. The number of carbonyl (C=O) groups excluding carboxylic acids is 1. The molecule has 0 spiro atoms. The van der Waals surface area contributed by atoms with Crippen molar-refractivity contribution in [2.24, 2.45) is 13.0 Å². The second kappa shape index (κ2) is 11.9. The van der Waals surface area contributed by atoms with Crippen molar-refractivity contribution in [3.8, 4) is 6.07 Å². The largest absolute Gasteiger partial charge is 0.416 e. The number of aromatic nitrogens is 3. The van der Waals surface area contributed by atoms with Gasteiger partial charge in [-0.05, 0) is 42.7 Å². The van der Waals surface area contributed by atoms with Crippen LogP contribution < -0.4 is 10.6 Å². The molecule has 1 aromatic carbocycles. The number of hydrogen-bond donors (Lipinski definition) is 1. The Morgan fingerprint density at radius 3 is 2.30 bits per heavy atom. The van der Waals surface area contributed by atoms with Crippen LogP contribution in [0.25, 0.3) is 11.0 Å². The molecule has 2 aliphatic rings. The van der Waals surface area contributed by atoms with Gasteiger partial charge in [-0.15, -0.1) is 0 Å². The first-order valence-electron chi connectivity index (χ1n) is 14.4. The number of nitrogens with zero attached hydrogens (tertiary/aromatic N) is 7. The van der Waals surface area contributed by atoms with Gasteiger partial charge in [-0.1, -0.05) is 26.0 Å². The van der Waals surface area contributed by atoms with E-state index in [9.17, 15) is 33.1 Å². The van der Waals surface area contributed by atoms with Gasteiger partial charge >= 0.3 is 11.9 Å². The molecule has 0 saturated carbocycles. The third-order valence-corrected chi connectivity index (χ3v) is 8.65. The molecule has 43 heavy (non-hydrogen) atoms. The van der Waals surface area contributed by atoms with Gasteiger partial charge in [0.1, 0.15) is 23.3 Å². The molecule has 2 aliphatic heterocycles. The number of rotatable bonds is 7. The van der Waals surface area contributed by atoms with Crippen LogP contribution in [0.5, 0.6) is 0 Å². The van der Waals surface area contributed by atoms with Crippen LogP contribution >= 0.6 is 0 Å². The minimum atomic E-state index is -4.50. The zero-order valence-corrected chi connectivity index (χ0v) is 24.3. The van der Waals surface area contributed by atoms with Crippen LogP contribution in [-0.2, 0) is 18.0 Å². The van der Waals surface area contributed by atoms with Crippen LogP contribution in [0.2, 0.25) is 0 Å². The molecule has 4 heterocycles. The Morgan fingerprint density at radius 2 is 1.72 bits per heavy atom. The highest BCUT2D eigenvalue weighted by Crippen LogP contribution is 2.37. The lowest BCUT2D eigenvalue weighted by atomic mass is 9.92. The number of aryl methyl sites for hydroxylation is 1. The molecule has 5 rings (SSSR count). The van der Waals surface area contributed by atoms with E-state index in [2.05, 4.69) is 14.9 Å². The van der Waals surface area contributed by atoms with E-state index in [1.807, 2.05) is 24.8 Å². The Labute approximate surface area is 247 Å². The quantitative estimate of drug-likeness (QED) is 0.442. The summed E-state index contributed by atoms with van der Waals surface area (Å²) in [6.45, 7) is 5.45. The van der Waals surface area contributed by atoms with Gasteiger partial charge in [0.15, 0.2) is 5.82 Å². The van der Waals surface area contributed by atoms with Crippen molar-refractivity contribution in [1.29, 1.82) is 5.26 Å². The topological polar surface area (TPSA) is 119 Å². The van der Waals surface area contributed by atoms with E-state index in [0.29, 0.717) is 61.4 Å². The molecule has 2 saturated heterocycles. The Kier molecular flexibility index (Phi) is 8.45. The molecule has 1 unspecified atom stereocenters. The van der Waals surface area contributed by atoms with E-state index < -0.39 is 23.5 Å². The summed E-state index contributed by atoms with van der Waals surface area (Å²) in [5, 5.41) is 19.0. The maximum atomic E-state index is 14.0. The summed E-state index contributed by atoms with van der Waals surface area (Å²) in [6, 6.07) is 8.74. The van der Waals surface area contributed by atoms with Gasteiger partial charge in [-0.2, -0.15) is 23.4 Å². The van der Waals surface area contributed by atoms with Crippen LogP contribution in [0.1, 0.15) is 49.6 Å². The molecule has 10 nitrogen and oxygen atoms in total. The minimum Gasteiger partial charge on any atom is -0.396 e. The fraction of sp³-hybridized carbons (Fsp3) is 0.500. The van der Waals surface area contributed by atoms with E-state index in [1.165, 1.54) is 16.7 Å². The van der Waals surface area contributed by atoms with Crippen molar-refractivity contribution < 1.29 is 23.1 Å². The van der Waals surface area contributed by atoms with Crippen LogP contribution in [-0.4, -0.2) is 80.2 Å². The van der Waals surface area contributed by atoms with Crippen molar-refractivity contribution in [3.63, 3.8) is 0 Å². The highest BCUT2D eigenvalue weighted by Gasteiger charge is 2.44. The van der Waals surface area contributed by atoms with Crippen LogP contribution in [0.3, 0.4) is 0 Å². The van der Waals surface area contributed by atoms with Gasteiger partial charge in [-0.25, -0.2) is 9.78 Å². The third-order valence-electron chi connectivity index (χ3n) is 8.65. The molecule has 13 heteroatoms. The first-order chi connectivity index (χ1) is 20.5. The summed E-state index contributed by atoms with van der Waals surface area (Å²) in [7, 11) is 1.59. The minimum absolute atomic E-state index is 0.0229. The number of fused-ring (bicyclic) bond motifs is 1. The van der Waals surface area contributed by atoms with E-state index in [4.69, 9.17) is 0 Å². The number of nitriles is 1. The number of carbonyl (C=O) groups is 1. The Hall–Kier alpha value is -4.02. The number of aliphatic hydroxyl groups is 1. The average molecular weight is 598 g/mol. The highest BCUT2D eigenvalue weighted by molar-refractivity contribution is 5.87. The second-order valence-electron chi connectivity index (χ2n) is 11.2. The molecule has 0 bridgehead atoms. The lowest BCUT2D eigenvalue weighted by molar-refractivity contribution is -0.146. The number of likely N-dealkylation sites (tertiary alicyclic amines) is 1. The number of hydrogen-bond acceptors (Lipinski definition) is 8. The number of alkyl halides is 3. The predicted octanol–water partition coefficient (Wildman–Crippen LogP) is 3.09. The van der Waals surface area contributed by atoms with Crippen molar-refractivity contribution in [2.75, 3.05) is 37.7 Å². The van der Waals surface area contributed by atoms with Gasteiger partial charge in [0.2, 0.25) is 5.91 Å². The molecule has 1 amide bonds. The molecule has 0 radical (unpaired) electrons. The van der Waals surface area contributed by atoms with Crippen LogP contribution in [0.4, 0.5) is 19.0 Å². The van der Waals surface area contributed by atoms with Crippen LogP contribution in [0.15, 0.2) is 41.2 Å². The van der Waals surface area contributed by atoms with E-state index in [0.717, 1.165) is 12.1 Å². The zero-order valence-electron chi connectivity index (χ0n) is 24.3. The van der Waals surface area contributed by atoms with Gasteiger partial charge in [-0.3, -0.25) is 14.3 Å². The number of benzene rings is 1. The summed E-state index contributed by atoms with van der Waals surface area (Å²) < 4.78 is 41.5. The average Bonchev–Trinajstić information content (AvgIpc) is 2.98. The van der Waals surface area contributed by atoms with Gasteiger partial charge in [0, 0.05) is 57.8 Å². The molecule has 2 aromatic heterocycles. The fourth-order valence-electron chi connectivity index (χ4n) is 6.10. The van der Waals surface area contributed by atoms with Gasteiger partial charge in [0.05, 0.1) is 11.1 Å². The van der Waals surface area contributed by atoms with Crippen molar-refractivity contribution in [2.45, 2.75) is 51.0 Å². The fourth-order valence-corrected chi connectivity index (χ4v) is 6.10. The molecule has 2 fully saturated rings. The smallest absolute Gasteiger partial charge is 0.396 e. The van der Waals surface area contributed by atoms with E-state index in [1.54, 1.807) is 24.1 Å². The first kappa shape index (κ1) is 30.4. The summed E-state index contributed by atoms with van der Waals surface area (Å²) >= 11 is 0. The number of aliphatic hydroxyl groups excluding tert-OH is 1.